The maximum atomic E-state index is 9.15. The molecule has 2 heterocycles. The van der Waals surface area contributed by atoms with Gasteiger partial charge in [0.15, 0.2) is 0 Å². The summed E-state index contributed by atoms with van der Waals surface area (Å²) in [5.74, 6) is 1.71. The smallest absolute Gasteiger partial charge is 0.128 e. The van der Waals surface area contributed by atoms with Gasteiger partial charge in [0.05, 0.1) is 6.61 Å². The van der Waals surface area contributed by atoms with Gasteiger partial charge in [0, 0.05) is 32.5 Å². The third-order valence-electron chi connectivity index (χ3n) is 3.69. The zero-order valence-electron chi connectivity index (χ0n) is 11.2. The molecule has 0 saturated carbocycles. The maximum absolute atomic E-state index is 9.15. The van der Waals surface area contributed by atoms with Gasteiger partial charge < -0.3 is 14.7 Å². The second-order valence-corrected chi connectivity index (χ2v) is 4.96. The summed E-state index contributed by atoms with van der Waals surface area (Å²) in [7, 11) is 1.77. The Morgan fingerprint density at radius 1 is 1.39 bits per heavy atom. The van der Waals surface area contributed by atoms with E-state index in [0.717, 1.165) is 49.6 Å². The van der Waals surface area contributed by atoms with Gasteiger partial charge in [0.25, 0.3) is 0 Å². The molecule has 0 amide bonds. The quantitative estimate of drug-likeness (QED) is 0.884. The Kier molecular flexibility index (Phi) is 4.55. The van der Waals surface area contributed by atoms with Crippen LogP contribution in [0.15, 0.2) is 12.1 Å². The van der Waals surface area contributed by atoms with Crippen molar-refractivity contribution in [1.82, 2.24) is 4.98 Å². The van der Waals surface area contributed by atoms with Gasteiger partial charge in [0.2, 0.25) is 0 Å². The molecule has 2 rings (SSSR count). The number of hydrogen-bond donors (Lipinski definition) is 1. The van der Waals surface area contributed by atoms with Gasteiger partial charge >= 0.3 is 0 Å². The number of ether oxygens (including phenoxy) is 1. The number of piperidine rings is 1. The summed E-state index contributed by atoms with van der Waals surface area (Å²) in [5.41, 5.74) is 1.84. The Morgan fingerprint density at radius 2 is 2.11 bits per heavy atom. The molecule has 0 aliphatic carbocycles. The molecule has 1 N–H and O–H groups in total. The van der Waals surface area contributed by atoms with Crippen LogP contribution in [0.25, 0.3) is 0 Å². The first-order valence-corrected chi connectivity index (χ1v) is 6.56. The summed E-state index contributed by atoms with van der Waals surface area (Å²) in [4.78, 5) is 6.89. The van der Waals surface area contributed by atoms with Gasteiger partial charge in [-0.25, -0.2) is 4.98 Å². The van der Waals surface area contributed by atoms with E-state index >= 15 is 0 Å². The van der Waals surface area contributed by atoms with Crippen molar-refractivity contribution in [3.63, 3.8) is 0 Å². The SMILES string of the molecule is COCC1CCN(c2ccc(CO)c(C)n2)CC1. The molecule has 0 bridgehead atoms. The van der Waals surface area contributed by atoms with Gasteiger partial charge in [-0.15, -0.1) is 0 Å². The highest BCUT2D eigenvalue weighted by atomic mass is 16.5. The fraction of sp³-hybridized carbons (Fsp3) is 0.643. The van der Waals surface area contributed by atoms with E-state index in [-0.39, 0.29) is 6.61 Å². The molecule has 4 nitrogen and oxygen atoms in total. The second kappa shape index (κ2) is 6.16. The zero-order valence-corrected chi connectivity index (χ0v) is 11.2. The molecule has 0 aromatic carbocycles. The fourth-order valence-corrected chi connectivity index (χ4v) is 2.48. The van der Waals surface area contributed by atoms with E-state index in [9.17, 15) is 0 Å². The van der Waals surface area contributed by atoms with Gasteiger partial charge in [0.1, 0.15) is 5.82 Å². The molecule has 0 unspecified atom stereocenters. The van der Waals surface area contributed by atoms with E-state index in [1.54, 1.807) is 7.11 Å². The molecule has 1 aliphatic heterocycles. The summed E-state index contributed by atoms with van der Waals surface area (Å²) >= 11 is 0. The van der Waals surface area contributed by atoms with Crippen LogP contribution >= 0.6 is 0 Å². The van der Waals surface area contributed by atoms with E-state index in [1.165, 1.54) is 0 Å². The summed E-state index contributed by atoms with van der Waals surface area (Å²) in [6.07, 6.45) is 2.33. The molecule has 1 fully saturated rings. The average Bonchev–Trinajstić information content (AvgIpc) is 2.40. The van der Waals surface area contributed by atoms with Gasteiger partial charge in [-0.2, -0.15) is 0 Å². The lowest BCUT2D eigenvalue weighted by atomic mass is 9.98. The molecule has 100 valence electrons. The average molecular weight is 250 g/mol. The molecule has 1 aromatic rings. The normalized spacial score (nSPS) is 17.2. The minimum Gasteiger partial charge on any atom is -0.392 e. The highest BCUT2D eigenvalue weighted by Crippen LogP contribution is 2.23. The Balaban J connectivity index is 1.99. The standard InChI is InChI=1S/C14H22N2O2/c1-11-13(9-17)3-4-14(15-11)16-7-5-12(6-8-16)10-18-2/h3-4,12,17H,5-10H2,1-2H3. The van der Waals surface area contributed by atoms with Crippen molar-refractivity contribution in [2.75, 3.05) is 31.7 Å². The lowest BCUT2D eigenvalue weighted by Gasteiger charge is -2.32. The van der Waals surface area contributed by atoms with Gasteiger partial charge in [-0.05, 0) is 37.3 Å². The maximum Gasteiger partial charge on any atom is 0.128 e. The molecular weight excluding hydrogens is 228 g/mol. The lowest BCUT2D eigenvalue weighted by Crippen LogP contribution is -2.35. The molecule has 0 atom stereocenters. The predicted octanol–water partition coefficient (Wildman–Crippen LogP) is 1.75. The number of methoxy groups -OCH3 is 1. The Hall–Kier alpha value is -1.13. The number of pyridine rings is 1. The monoisotopic (exact) mass is 250 g/mol. The highest BCUT2D eigenvalue weighted by molar-refractivity contribution is 5.41. The Bertz CT molecular complexity index is 387. The molecule has 0 radical (unpaired) electrons. The van der Waals surface area contributed by atoms with Crippen LogP contribution in [0, 0.1) is 12.8 Å². The number of anilines is 1. The predicted molar refractivity (Wildman–Crippen MR) is 71.7 cm³/mol. The van der Waals surface area contributed by atoms with Crippen LogP contribution in [0.2, 0.25) is 0 Å². The number of aliphatic hydroxyl groups is 1. The molecule has 0 spiro atoms. The van der Waals surface area contributed by atoms with E-state index in [2.05, 4.69) is 9.88 Å². The number of aryl methyl sites for hydroxylation is 1. The Morgan fingerprint density at radius 3 is 2.67 bits per heavy atom. The van der Waals surface area contributed by atoms with Crippen molar-refractivity contribution in [1.29, 1.82) is 0 Å². The summed E-state index contributed by atoms with van der Waals surface area (Å²) in [6.45, 7) is 4.96. The number of nitrogens with zero attached hydrogens (tertiary/aromatic N) is 2. The topological polar surface area (TPSA) is 45.6 Å². The summed E-state index contributed by atoms with van der Waals surface area (Å²) in [5, 5.41) is 9.15. The minimum absolute atomic E-state index is 0.0645. The number of aromatic nitrogens is 1. The van der Waals surface area contributed by atoms with Crippen molar-refractivity contribution >= 4 is 5.82 Å². The van der Waals surface area contributed by atoms with E-state index < -0.39 is 0 Å². The largest absolute Gasteiger partial charge is 0.392 e. The van der Waals surface area contributed by atoms with Crippen molar-refractivity contribution in [2.24, 2.45) is 5.92 Å². The van der Waals surface area contributed by atoms with Crippen LogP contribution in [0.1, 0.15) is 24.1 Å². The van der Waals surface area contributed by atoms with Crippen LogP contribution in [-0.2, 0) is 11.3 Å². The van der Waals surface area contributed by atoms with E-state index in [4.69, 9.17) is 9.84 Å². The first kappa shape index (κ1) is 13.3. The minimum atomic E-state index is 0.0645. The van der Waals surface area contributed by atoms with E-state index in [0.29, 0.717) is 5.92 Å². The second-order valence-electron chi connectivity index (χ2n) is 4.96. The third kappa shape index (κ3) is 3.00. The molecule has 1 saturated heterocycles. The van der Waals surface area contributed by atoms with Gasteiger partial charge in [-0.1, -0.05) is 6.07 Å². The summed E-state index contributed by atoms with van der Waals surface area (Å²) < 4.78 is 5.21. The van der Waals surface area contributed by atoms with Crippen molar-refractivity contribution in [3.05, 3.63) is 23.4 Å². The van der Waals surface area contributed by atoms with Crippen LogP contribution in [0.4, 0.5) is 5.82 Å². The molecule has 1 aliphatic rings. The van der Waals surface area contributed by atoms with Crippen LogP contribution in [0.3, 0.4) is 0 Å². The first-order chi connectivity index (χ1) is 8.74. The molecule has 1 aromatic heterocycles. The zero-order chi connectivity index (χ0) is 13.0. The first-order valence-electron chi connectivity index (χ1n) is 6.56. The Labute approximate surface area is 109 Å². The molecule has 4 heteroatoms. The summed E-state index contributed by atoms with van der Waals surface area (Å²) in [6, 6.07) is 3.98. The third-order valence-corrected chi connectivity index (χ3v) is 3.69. The number of hydrogen-bond acceptors (Lipinski definition) is 4. The molecule has 18 heavy (non-hydrogen) atoms. The van der Waals surface area contributed by atoms with Gasteiger partial charge in [-0.3, -0.25) is 0 Å². The van der Waals surface area contributed by atoms with Crippen LogP contribution in [-0.4, -0.2) is 36.9 Å². The van der Waals surface area contributed by atoms with Crippen molar-refractivity contribution in [3.8, 4) is 0 Å². The van der Waals surface area contributed by atoms with E-state index in [1.807, 2.05) is 19.1 Å². The fourth-order valence-electron chi connectivity index (χ4n) is 2.48. The number of rotatable bonds is 4. The van der Waals surface area contributed by atoms with Crippen LogP contribution in [0.5, 0.6) is 0 Å². The lowest BCUT2D eigenvalue weighted by molar-refractivity contribution is 0.139. The molecular formula is C14H22N2O2. The number of aliphatic hydroxyl groups excluding tert-OH is 1. The van der Waals surface area contributed by atoms with Crippen molar-refractivity contribution < 1.29 is 9.84 Å². The van der Waals surface area contributed by atoms with Crippen molar-refractivity contribution in [2.45, 2.75) is 26.4 Å². The van der Waals surface area contributed by atoms with Crippen LogP contribution < -0.4 is 4.90 Å². The highest BCUT2D eigenvalue weighted by Gasteiger charge is 2.20.